The Labute approximate surface area is 106 Å². The van der Waals surface area contributed by atoms with Gasteiger partial charge in [-0.15, -0.1) is 0 Å². The lowest BCUT2D eigenvalue weighted by Gasteiger charge is -2.03. The molecule has 0 saturated heterocycles. The molecule has 0 saturated carbocycles. The van der Waals surface area contributed by atoms with Gasteiger partial charge in [0.1, 0.15) is 5.82 Å². The summed E-state index contributed by atoms with van der Waals surface area (Å²) in [5.74, 6) is -0.991. The number of unbranched alkanes of at least 4 members (excludes halogenated alkanes) is 1. The van der Waals surface area contributed by atoms with Crippen molar-refractivity contribution < 1.29 is 18.7 Å². The minimum Gasteiger partial charge on any atom is -0.469 e. The van der Waals surface area contributed by atoms with Gasteiger partial charge in [0.2, 0.25) is 0 Å². The third kappa shape index (κ3) is 4.28. The van der Waals surface area contributed by atoms with Crippen molar-refractivity contribution in [3.05, 3.63) is 35.1 Å². The number of rotatable bonds is 6. The number of carbonyl (C=O) groups excluding carboxylic acids is 2. The molecule has 0 heterocycles. The number of ether oxygens (including phenoxy) is 1. The maximum Gasteiger partial charge on any atom is 0.305 e. The predicted octanol–water partition coefficient (Wildman–Crippen LogP) is 3.05. The number of methoxy groups -OCH3 is 1. The molecular weight excluding hydrogens is 235 g/mol. The molecule has 98 valence electrons. The van der Waals surface area contributed by atoms with Crippen LogP contribution in [0.3, 0.4) is 0 Å². The number of aryl methyl sites for hydroxylation is 1. The Bertz CT molecular complexity index is 441. The van der Waals surface area contributed by atoms with E-state index in [0.717, 1.165) is 5.56 Å². The summed E-state index contributed by atoms with van der Waals surface area (Å²) in [5, 5.41) is 0. The Kier molecular flexibility index (Phi) is 5.49. The first-order valence-corrected chi connectivity index (χ1v) is 5.90. The standard InChI is InChI=1S/C14H17FO3/c1-10-7-8-11(12(15)9-10)13(16)5-3-4-6-14(17)18-2/h7-9H,3-6H2,1-2H3. The molecule has 0 spiro atoms. The number of carbonyl (C=O) groups is 2. The first kappa shape index (κ1) is 14.4. The van der Waals surface area contributed by atoms with E-state index in [9.17, 15) is 14.0 Å². The highest BCUT2D eigenvalue weighted by Gasteiger charge is 2.11. The van der Waals surface area contributed by atoms with Crippen LogP contribution in [0.5, 0.6) is 0 Å². The first-order valence-electron chi connectivity index (χ1n) is 5.90. The van der Waals surface area contributed by atoms with E-state index in [-0.39, 0.29) is 23.7 Å². The van der Waals surface area contributed by atoms with E-state index in [1.807, 2.05) is 0 Å². The minimum atomic E-state index is -0.479. The van der Waals surface area contributed by atoms with E-state index < -0.39 is 5.82 Å². The molecule has 0 aliphatic heterocycles. The van der Waals surface area contributed by atoms with E-state index in [1.165, 1.54) is 19.2 Å². The van der Waals surface area contributed by atoms with Gasteiger partial charge in [0.25, 0.3) is 0 Å². The van der Waals surface area contributed by atoms with Crippen LogP contribution in [-0.4, -0.2) is 18.9 Å². The molecule has 0 amide bonds. The summed E-state index contributed by atoms with van der Waals surface area (Å²) < 4.78 is 18.0. The fourth-order valence-electron chi connectivity index (χ4n) is 1.64. The summed E-state index contributed by atoms with van der Waals surface area (Å²) in [6, 6.07) is 4.57. The molecule has 18 heavy (non-hydrogen) atoms. The highest BCUT2D eigenvalue weighted by molar-refractivity contribution is 5.96. The SMILES string of the molecule is COC(=O)CCCCC(=O)c1ccc(C)cc1F. The number of Topliss-reactive ketones (excluding diaryl/α,β-unsaturated/α-hetero) is 1. The smallest absolute Gasteiger partial charge is 0.305 e. The fourth-order valence-corrected chi connectivity index (χ4v) is 1.64. The normalized spacial score (nSPS) is 10.2. The van der Waals surface area contributed by atoms with Gasteiger partial charge in [0.05, 0.1) is 12.7 Å². The van der Waals surface area contributed by atoms with Gasteiger partial charge in [-0.25, -0.2) is 4.39 Å². The number of hydrogen-bond acceptors (Lipinski definition) is 3. The summed E-state index contributed by atoms with van der Waals surface area (Å²) in [5.41, 5.74) is 0.911. The molecule has 0 atom stereocenters. The second-order valence-corrected chi connectivity index (χ2v) is 4.19. The number of esters is 1. The molecule has 4 heteroatoms. The van der Waals surface area contributed by atoms with E-state index in [0.29, 0.717) is 19.3 Å². The quantitative estimate of drug-likeness (QED) is 0.444. The lowest BCUT2D eigenvalue weighted by Crippen LogP contribution is -2.04. The van der Waals surface area contributed by atoms with Crippen LogP contribution in [0.4, 0.5) is 4.39 Å². The van der Waals surface area contributed by atoms with Crippen molar-refractivity contribution in [2.24, 2.45) is 0 Å². The molecule has 1 aromatic carbocycles. The van der Waals surface area contributed by atoms with Crippen LogP contribution >= 0.6 is 0 Å². The maximum absolute atomic E-state index is 13.5. The van der Waals surface area contributed by atoms with Crippen LogP contribution in [0.2, 0.25) is 0 Å². The molecule has 1 rings (SSSR count). The number of halogens is 1. The van der Waals surface area contributed by atoms with Crippen molar-refractivity contribution in [1.29, 1.82) is 0 Å². The monoisotopic (exact) mass is 252 g/mol. The van der Waals surface area contributed by atoms with Crippen molar-refractivity contribution >= 4 is 11.8 Å². The summed E-state index contributed by atoms with van der Waals surface area (Å²) in [4.78, 5) is 22.6. The third-order valence-electron chi connectivity index (χ3n) is 2.69. The van der Waals surface area contributed by atoms with Crippen molar-refractivity contribution in [2.45, 2.75) is 32.6 Å². The van der Waals surface area contributed by atoms with Gasteiger partial charge in [-0.2, -0.15) is 0 Å². The molecule has 0 unspecified atom stereocenters. The van der Waals surface area contributed by atoms with Crippen LogP contribution in [0, 0.1) is 12.7 Å². The molecule has 0 N–H and O–H groups in total. The first-order chi connectivity index (χ1) is 8.54. The highest BCUT2D eigenvalue weighted by atomic mass is 19.1. The van der Waals surface area contributed by atoms with Gasteiger partial charge in [-0.3, -0.25) is 9.59 Å². The summed E-state index contributed by atoms with van der Waals surface area (Å²) in [7, 11) is 1.33. The Morgan fingerprint density at radius 3 is 2.50 bits per heavy atom. The Balaban J connectivity index is 2.43. The molecule has 0 radical (unpaired) electrons. The molecule has 0 fully saturated rings. The Morgan fingerprint density at radius 1 is 1.22 bits per heavy atom. The van der Waals surface area contributed by atoms with Gasteiger partial charge >= 0.3 is 5.97 Å². The number of ketones is 1. The Morgan fingerprint density at radius 2 is 1.89 bits per heavy atom. The van der Waals surface area contributed by atoms with Gasteiger partial charge in [0, 0.05) is 12.8 Å². The second kappa shape index (κ2) is 6.89. The summed E-state index contributed by atoms with van der Waals surface area (Å²) in [6.45, 7) is 1.77. The van der Waals surface area contributed by atoms with Gasteiger partial charge < -0.3 is 4.74 Å². The van der Waals surface area contributed by atoms with Crippen LogP contribution in [0.25, 0.3) is 0 Å². The zero-order chi connectivity index (χ0) is 13.5. The largest absolute Gasteiger partial charge is 0.469 e. The minimum absolute atomic E-state index is 0.124. The van der Waals surface area contributed by atoms with Crippen molar-refractivity contribution in [3.63, 3.8) is 0 Å². The van der Waals surface area contributed by atoms with Crippen molar-refractivity contribution in [2.75, 3.05) is 7.11 Å². The van der Waals surface area contributed by atoms with Gasteiger partial charge in [-0.05, 0) is 37.5 Å². The second-order valence-electron chi connectivity index (χ2n) is 4.19. The average molecular weight is 252 g/mol. The lowest BCUT2D eigenvalue weighted by atomic mass is 10.0. The lowest BCUT2D eigenvalue weighted by molar-refractivity contribution is -0.140. The van der Waals surface area contributed by atoms with E-state index in [1.54, 1.807) is 13.0 Å². The molecular formula is C14H17FO3. The van der Waals surface area contributed by atoms with Crippen LogP contribution < -0.4 is 0 Å². The molecule has 1 aromatic rings. The number of benzene rings is 1. The van der Waals surface area contributed by atoms with Crippen LogP contribution in [0.15, 0.2) is 18.2 Å². The molecule has 0 aromatic heterocycles. The van der Waals surface area contributed by atoms with Gasteiger partial charge in [0.15, 0.2) is 5.78 Å². The summed E-state index contributed by atoms with van der Waals surface area (Å²) >= 11 is 0. The molecule has 0 aliphatic rings. The van der Waals surface area contributed by atoms with Crippen LogP contribution in [-0.2, 0) is 9.53 Å². The topological polar surface area (TPSA) is 43.4 Å². The van der Waals surface area contributed by atoms with Crippen LogP contribution in [0.1, 0.15) is 41.6 Å². The van der Waals surface area contributed by atoms with Crippen molar-refractivity contribution in [1.82, 2.24) is 0 Å². The number of hydrogen-bond donors (Lipinski definition) is 0. The zero-order valence-corrected chi connectivity index (χ0v) is 10.7. The predicted molar refractivity (Wildman–Crippen MR) is 66.0 cm³/mol. The van der Waals surface area contributed by atoms with E-state index in [2.05, 4.69) is 4.74 Å². The third-order valence-corrected chi connectivity index (χ3v) is 2.69. The van der Waals surface area contributed by atoms with E-state index in [4.69, 9.17) is 0 Å². The summed E-state index contributed by atoms with van der Waals surface area (Å²) in [6.07, 6.45) is 1.67. The van der Waals surface area contributed by atoms with Gasteiger partial charge in [-0.1, -0.05) is 6.07 Å². The zero-order valence-electron chi connectivity index (χ0n) is 10.7. The average Bonchev–Trinajstić information content (AvgIpc) is 2.34. The van der Waals surface area contributed by atoms with Crippen molar-refractivity contribution in [3.8, 4) is 0 Å². The molecule has 3 nitrogen and oxygen atoms in total. The fraction of sp³-hybridized carbons (Fsp3) is 0.429. The maximum atomic E-state index is 13.5. The Hall–Kier alpha value is -1.71. The highest BCUT2D eigenvalue weighted by Crippen LogP contribution is 2.14. The molecule has 0 bridgehead atoms. The molecule has 0 aliphatic carbocycles. The van der Waals surface area contributed by atoms with E-state index >= 15 is 0 Å².